The van der Waals surface area contributed by atoms with Crippen molar-refractivity contribution in [3.8, 4) is 22.8 Å². The van der Waals surface area contributed by atoms with Crippen LogP contribution in [-0.2, 0) is 6.54 Å². The molecule has 0 unspecified atom stereocenters. The number of phenols is 1. The van der Waals surface area contributed by atoms with E-state index in [1.807, 2.05) is 0 Å². The van der Waals surface area contributed by atoms with E-state index in [-0.39, 0.29) is 33.6 Å². The first-order chi connectivity index (χ1) is 14.5. The number of rotatable bonds is 4. The first-order valence-corrected chi connectivity index (χ1v) is 10.7. The monoisotopic (exact) mass is 433 g/mol. The van der Waals surface area contributed by atoms with Crippen LogP contribution in [0.25, 0.3) is 11.3 Å². The summed E-state index contributed by atoms with van der Waals surface area (Å²) in [5.41, 5.74) is 6.77. The van der Waals surface area contributed by atoms with Crippen LogP contribution in [0.2, 0.25) is 5.02 Å². The summed E-state index contributed by atoms with van der Waals surface area (Å²) in [4.78, 5) is 7.06. The zero-order valence-electron chi connectivity index (χ0n) is 16.5. The molecule has 0 amide bonds. The molecule has 1 saturated heterocycles. The van der Waals surface area contributed by atoms with Crippen molar-refractivity contribution in [1.82, 2.24) is 15.2 Å². The molecule has 1 aliphatic carbocycles. The molecule has 1 aromatic heterocycles. The first kappa shape index (κ1) is 19.8. The standard InChI is InChI=1S/C21H25ClFN5O2/c22-17-18(16-14(23)2-1-3-15(16)29)26-20(27-21(11-24)4-5-21)13-9-28-7-6-25-8-12(28)10-30-19(13)17/h1-3,12,25,29H,4-11,24H2,(H,26,27)/t12-/m1/s1. The van der Waals surface area contributed by atoms with Crippen LogP contribution >= 0.6 is 11.6 Å². The summed E-state index contributed by atoms with van der Waals surface area (Å²) < 4.78 is 20.8. The molecule has 1 saturated carbocycles. The van der Waals surface area contributed by atoms with Gasteiger partial charge in [0.15, 0.2) is 0 Å². The van der Waals surface area contributed by atoms with Crippen LogP contribution in [0, 0.1) is 5.82 Å². The minimum Gasteiger partial charge on any atom is -0.507 e. The average molecular weight is 434 g/mol. The van der Waals surface area contributed by atoms with Crippen molar-refractivity contribution in [3.05, 3.63) is 34.6 Å². The maximum atomic E-state index is 14.7. The lowest BCUT2D eigenvalue weighted by atomic mass is 10.1. The second kappa shape index (κ2) is 7.53. The molecule has 1 atom stereocenters. The number of anilines is 1. The number of nitrogens with two attached hydrogens (primary N) is 1. The van der Waals surface area contributed by atoms with E-state index < -0.39 is 5.82 Å². The SMILES string of the molecule is NCC1(Nc2nc(-c3c(O)cccc3F)c(Cl)c3c2CN2CCNC[C@@H]2CO3)CC1. The Kier molecular flexibility index (Phi) is 4.97. The largest absolute Gasteiger partial charge is 0.507 e. The molecule has 0 spiro atoms. The van der Waals surface area contributed by atoms with Gasteiger partial charge in [0, 0.05) is 32.7 Å². The highest BCUT2D eigenvalue weighted by Gasteiger charge is 2.43. The summed E-state index contributed by atoms with van der Waals surface area (Å²) >= 11 is 6.72. The molecule has 160 valence electrons. The number of aromatic hydroxyl groups is 1. The highest BCUT2D eigenvalue weighted by atomic mass is 35.5. The highest BCUT2D eigenvalue weighted by Crippen LogP contribution is 2.47. The molecule has 2 aliphatic heterocycles. The number of phenolic OH excluding ortho intramolecular Hbond substituents is 1. The van der Waals surface area contributed by atoms with E-state index in [4.69, 9.17) is 27.1 Å². The van der Waals surface area contributed by atoms with Crippen molar-refractivity contribution in [2.75, 3.05) is 38.1 Å². The van der Waals surface area contributed by atoms with Gasteiger partial charge < -0.3 is 26.2 Å². The fraction of sp³-hybridized carbons (Fsp3) is 0.476. The van der Waals surface area contributed by atoms with Crippen LogP contribution in [0.1, 0.15) is 18.4 Å². The van der Waals surface area contributed by atoms with Crippen LogP contribution in [0.4, 0.5) is 10.2 Å². The van der Waals surface area contributed by atoms with Gasteiger partial charge in [-0.05, 0) is 25.0 Å². The topological polar surface area (TPSA) is 95.7 Å². The maximum absolute atomic E-state index is 14.7. The van der Waals surface area contributed by atoms with Crippen LogP contribution in [0.15, 0.2) is 18.2 Å². The van der Waals surface area contributed by atoms with Crippen LogP contribution in [-0.4, -0.2) is 59.4 Å². The number of fused-ring (bicyclic) bond motifs is 2. The minimum absolute atomic E-state index is 0.0295. The number of hydrogen-bond donors (Lipinski definition) is 4. The van der Waals surface area contributed by atoms with Crippen molar-refractivity contribution in [3.63, 3.8) is 0 Å². The summed E-state index contributed by atoms with van der Waals surface area (Å²) in [7, 11) is 0. The van der Waals surface area contributed by atoms with Gasteiger partial charge in [-0.2, -0.15) is 0 Å². The fourth-order valence-corrected chi connectivity index (χ4v) is 4.53. The van der Waals surface area contributed by atoms with E-state index in [2.05, 4.69) is 15.5 Å². The molecule has 30 heavy (non-hydrogen) atoms. The van der Waals surface area contributed by atoms with Crippen molar-refractivity contribution in [2.45, 2.75) is 31.0 Å². The number of aromatic nitrogens is 1. The van der Waals surface area contributed by atoms with Gasteiger partial charge in [-0.25, -0.2) is 9.37 Å². The number of nitrogens with one attached hydrogen (secondary N) is 2. The lowest BCUT2D eigenvalue weighted by Crippen LogP contribution is -2.52. The molecule has 1 aromatic carbocycles. The first-order valence-electron chi connectivity index (χ1n) is 10.3. The third-order valence-corrected chi connectivity index (χ3v) is 6.65. The van der Waals surface area contributed by atoms with Gasteiger partial charge in [0.25, 0.3) is 0 Å². The normalized spacial score (nSPS) is 22.4. The lowest BCUT2D eigenvalue weighted by Gasteiger charge is -2.33. The molecular weight excluding hydrogens is 409 g/mol. The number of halogens is 2. The summed E-state index contributed by atoms with van der Waals surface area (Å²) in [5.74, 6) is 0.277. The Morgan fingerprint density at radius 2 is 2.27 bits per heavy atom. The Labute approximate surface area is 179 Å². The van der Waals surface area contributed by atoms with Gasteiger partial charge in [-0.15, -0.1) is 0 Å². The third kappa shape index (κ3) is 3.37. The third-order valence-electron chi connectivity index (χ3n) is 6.30. The molecule has 0 bridgehead atoms. The average Bonchev–Trinajstić information content (AvgIpc) is 3.53. The Hall–Kier alpha value is -2.13. The van der Waals surface area contributed by atoms with Gasteiger partial charge in [-0.1, -0.05) is 17.7 Å². The minimum atomic E-state index is -0.592. The molecule has 0 radical (unpaired) electrons. The number of hydrogen-bond acceptors (Lipinski definition) is 7. The summed E-state index contributed by atoms with van der Waals surface area (Å²) in [6, 6.07) is 4.36. The molecular formula is C21H25ClFN5O2. The number of nitrogens with zero attached hydrogens (tertiary/aromatic N) is 2. The molecule has 5 rings (SSSR count). The maximum Gasteiger partial charge on any atom is 0.148 e. The predicted octanol–water partition coefficient (Wildman–Crippen LogP) is 2.32. The van der Waals surface area contributed by atoms with Crippen molar-refractivity contribution in [2.24, 2.45) is 5.73 Å². The van der Waals surface area contributed by atoms with Gasteiger partial charge >= 0.3 is 0 Å². The molecule has 7 nitrogen and oxygen atoms in total. The highest BCUT2D eigenvalue weighted by molar-refractivity contribution is 6.35. The van der Waals surface area contributed by atoms with Gasteiger partial charge in [0.2, 0.25) is 0 Å². The van der Waals surface area contributed by atoms with Crippen LogP contribution in [0.5, 0.6) is 11.5 Å². The molecule has 3 heterocycles. The van der Waals surface area contributed by atoms with Crippen molar-refractivity contribution < 1.29 is 14.2 Å². The molecule has 2 aromatic rings. The van der Waals surface area contributed by atoms with E-state index in [9.17, 15) is 9.50 Å². The lowest BCUT2D eigenvalue weighted by molar-refractivity contribution is 0.120. The Morgan fingerprint density at radius 1 is 1.43 bits per heavy atom. The summed E-state index contributed by atoms with van der Waals surface area (Å²) in [6.45, 7) is 4.19. The molecule has 9 heteroatoms. The van der Waals surface area contributed by atoms with Crippen LogP contribution < -0.4 is 21.1 Å². The van der Waals surface area contributed by atoms with E-state index >= 15 is 0 Å². The number of benzene rings is 1. The van der Waals surface area contributed by atoms with Crippen molar-refractivity contribution >= 4 is 17.4 Å². The van der Waals surface area contributed by atoms with Crippen LogP contribution in [0.3, 0.4) is 0 Å². The van der Waals surface area contributed by atoms with Gasteiger partial charge in [-0.3, -0.25) is 4.90 Å². The summed E-state index contributed by atoms with van der Waals surface area (Å²) in [5, 5.41) is 17.4. The van der Waals surface area contributed by atoms with E-state index in [0.717, 1.165) is 38.0 Å². The Bertz CT molecular complexity index is 964. The van der Waals surface area contributed by atoms with E-state index in [1.54, 1.807) is 0 Å². The predicted molar refractivity (Wildman–Crippen MR) is 114 cm³/mol. The smallest absolute Gasteiger partial charge is 0.148 e. The van der Waals surface area contributed by atoms with E-state index in [0.29, 0.717) is 31.3 Å². The quantitative estimate of drug-likeness (QED) is 0.587. The molecule has 5 N–H and O–H groups in total. The zero-order valence-corrected chi connectivity index (χ0v) is 17.3. The summed E-state index contributed by atoms with van der Waals surface area (Å²) in [6.07, 6.45) is 1.89. The second-order valence-corrected chi connectivity index (χ2v) is 8.69. The second-order valence-electron chi connectivity index (χ2n) is 8.31. The zero-order chi connectivity index (χ0) is 20.9. The Balaban J connectivity index is 1.67. The molecule has 3 aliphatic rings. The van der Waals surface area contributed by atoms with Gasteiger partial charge in [0.1, 0.15) is 40.5 Å². The number of pyridine rings is 1. The van der Waals surface area contributed by atoms with E-state index in [1.165, 1.54) is 18.2 Å². The fourth-order valence-electron chi connectivity index (χ4n) is 4.23. The number of piperazine rings is 1. The number of ether oxygens (including phenoxy) is 1. The Morgan fingerprint density at radius 3 is 3.00 bits per heavy atom. The van der Waals surface area contributed by atoms with Crippen molar-refractivity contribution in [1.29, 1.82) is 0 Å². The van der Waals surface area contributed by atoms with Gasteiger partial charge in [0.05, 0.1) is 22.7 Å². The molecule has 2 fully saturated rings.